The second-order valence-electron chi connectivity index (χ2n) is 5.92. The van der Waals surface area contributed by atoms with Gasteiger partial charge in [-0.25, -0.2) is 4.98 Å². The van der Waals surface area contributed by atoms with Gasteiger partial charge in [0.1, 0.15) is 17.4 Å². The van der Waals surface area contributed by atoms with Gasteiger partial charge in [-0.15, -0.1) is 0 Å². The Bertz CT molecular complexity index is 834. The van der Waals surface area contributed by atoms with Crippen LogP contribution in [0.1, 0.15) is 22.5 Å². The second-order valence-corrected chi connectivity index (χ2v) is 5.92. The summed E-state index contributed by atoms with van der Waals surface area (Å²) in [5, 5.41) is 3.85. The fourth-order valence-corrected chi connectivity index (χ4v) is 2.75. The zero-order valence-electron chi connectivity index (χ0n) is 13.6. The maximum atomic E-state index is 12.2. The number of aromatic nitrogens is 1. The summed E-state index contributed by atoms with van der Waals surface area (Å²) in [6.45, 7) is 1.62. The minimum absolute atomic E-state index is 0.0419. The first-order valence-corrected chi connectivity index (χ1v) is 8.24. The number of nitrogens with one attached hydrogen (secondary N) is 1. The van der Waals surface area contributed by atoms with E-state index in [4.69, 9.17) is 13.9 Å². The number of nitrogens with zero attached hydrogens (tertiary/aromatic N) is 1. The van der Waals surface area contributed by atoms with Gasteiger partial charge in [0.2, 0.25) is 5.88 Å². The largest absolute Gasteiger partial charge is 0.472 e. The molecule has 6 nitrogen and oxygen atoms in total. The maximum Gasteiger partial charge on any atom is 0.253 e. The molecule has 1 saturated heterocycles. The molecule has 1 unspecified atom stereocenters. The lowest BCUT2D eigenvalue weighted by molar-refractivity contribution is 0.0947. The zero-order chi connectivity index (χ0) is 17.1. The van der Waals surface area contributed by atoms with Crippen LogP contribution < -0.4 is 10.1 Å². The lowest BCUT2D eigenvalue weighted by Crippen LogP contribution is -2.23. The zero-order valence-corrected chi connectivity index (χ0v) is 13.6. The lowest BCUT2D eigenvalue weighted by atomic mass is 10.2. The second kappa shape index (κ2) is 6.94. The van der Waals surface area contributed by atoms with Gasteiger partial charge in [0.25, 0.3) is 5.91 Å². The van der Waals surface area contributed by atoms with Gasteiger partial charge in [-0.3, -0.25) is 4.79 Å². The Morgan fingerprint density at radius 1 is 1.28 bits per heavy atom. The van der Waals surface area contributed by atoms with Crippen molar-refractivity contribution in [2.24, 2.45) is 0 Å². The van der Waals surface area contributed by atoms with Crippen LogP contribution in [-0.4, -0.2) is 30.2 Å². The molecule has 1 N–H and O–H groups in total. The number of amides is 1. The van der Waals surface area contributed by atoms with E-state index in [1.807, 2.05) is 30.3 Å². The molecule has 0 radical (unpaired) electrons. The molecule has 1 amide bonds. The Morgan fingerprint density at radius 2 is 2.20 bits per heavy atom. The highest BCUT2D eigenvalue weighted by Gasteiger charge is 2.18. The Kier molecular flexibility index (Phi) is 4.35. The van der Waals surface area contributed by atoms with Crippen LogP contribution >= 0.6 is 0 Å². The first kappa shape index (κ1) is 15.7. The minimum Gasteiger partial charge on any atom is -0.472 e. The van der Waals surface area contributed by atoms with E-state index < -0.39 is 0 Å². The topological polar surface area (TPSA) is 73.6 Å². The summed E-state index contributed by atoms with van der Waals surface area (Å²) in [5.41, 5.74) is 1.29. The van der Waals surface area contributed by atoms with Crippen LogP contribution in [0.3, 0.4) is 0 Å². The molecule has 25 heavy (non-hydrogen) atoms. The van der Waals surface area contributed by atoms with Crippen molar-refractivity contribution in [2.75, 3.05) is 13.2 Å². The third-order valence-corrected chi connectivity index (χ3v) is 4.07. The number of benzene rings is 1. The van der Waals surface area contributed by atoms with Crippen LogP contribution in [0.4, 0.5) is 0 Å². The van der Waals surface area contributed by atoms with Crippen LogP contribution in [0.25, 0.3) is 11.0 Å². The molecule has 0 aliphatic carbocycles. The van der Waals surface area contributed by atoms with Crippen LogP contribution in [-0.2, 0) is 11.3 Å². The normalized spacial score (nSPS) is 16.9. The van der Waals surface area contributed by atoms with Gasteiger partial charge in [0.05, 0.1) is 25.3 Å². The summed E-state index contributed by atoms with van der Waals surface area (Å²) in [6, 6.07) is 13.1. The molecule has 1 fully saturated rings. The van der Waals surface area contributed by atoms with E-state index >= 15 is 0 Å². The summed E-state index contributed by atoms with van der Waals surface area (Å²) in [6.07, 6.45) is 2.42. The number of pyridine rings is 1. The number of ether oxygens (including phenoxy) is 2. The molecule has 128 valence electrons. The molecule has 1 aliphatic rings. The molecule has 1 aromatic carbocycles. The smallest absolute Gasteiger partial charge is 0.253 e. The third kappa shape index (κ3) is 3.64. The molecule has 3 aromatic rings. The molecule has 1 aliphatic heterocycles. The van der Waals surface area contributed by atoms with Crippen molar-refractivity contribution in [3.8, 4) is 5.88 Å². The molecular weight excluding hydrogens is 320 g/mol. The summed E-state index contributed by atoms with van der Waals surface area (Å²) >= 11 is 0. The van der Waals surface area contributed by atoms with Crippen molar-refractivity contribution in [1.82, 2.24) is 10.3 Å². The molecule has 3 heterocycles. The third-order valence-electron chi connectivity index (χ3n) is 4.07. The number of carbonyl (C=O) groups is 1. The van der Waals surface area contributed by atoms with E-state index in [2.05, 4.69) is 10.3 Å². The highest BCUT2D eigenvalue weighted by atomic mass is 16.5. The van der Waals surface area contributed by atoms with E-state index in [1.54, 1.807) is 12.1 Å². The quantitative estimate of drug-likeness (QED) is 0.774. The van der Waals surface area contributed by atoms with Crippen molar-refractivity contribution < 1.29 is 18.7 Å². The predicted octanol–water partition coefficient (Wildman–Crippen LogP) is 2.93. The lowest BCUT2D eigenvalue weighted by Gasteiger charge is -2.10. The van der Waals surface area contributed by atoms with Gasteiger partial charge in [-0.1, -0.05) is 18.2 Å². The summed E-state index contributed by atoms with van der Waals surface area (Å²) in [4.78, 5) is 16.4. The van der Waals surface area contributed by atoms with Crippen LogP contribution in [0.2, 0.25) is 0 Å². The van der Waals surface area contributed by atoms with Gasteiger partial charge in [0, 0.05) is 24.1 Å². The van der Waals surface area contributed by atoms with E-state index in [1.165, 1.54) is 6.20 Å². The average molecular weight is 338 g/mol. The van der Waals surface area contributed by atoms with Crippen molar-refractivity contribution in [1.29, 1.82) is 0 Å². The summed E-state index contributed by atoms with van der Waals surface area (Å²) in [5.74, 6) is 1.01. The fourth-order valence-electron chi connectivity index (χ4n) is 2.75. The van der Waals surface area contributed by atoms with E-state index in [9.17, 15) is 4.79 Å². The Labute approximate surface area is 144 Å². The highest BCUT2D eigenvalue weighted by Crippen LogP contribution is 2.19. The molecule has 6 heteroatoms. The van der Waals surface area contributed by atoms with E-state index in [-0.39, 0.29) is 12.0 Å². The number of fused-ring (bicyclic) bond motifs is 1. The molecule has 0 spiro atoms. The standard InChI is InChI=1S/C19H18N2O4/c22-19(21-11-16-9-13-3-1-2-4-17(13)24-16)14-5-6-18(20-10-14)25-15-7-8-23-12-15/h1-6,9-10,15H,7-8,11-12H2,(H,21,22). The van der Waals surface area contributed by atoms with Crippen molar-refractivity contribution in [3.63, 3.8) is 0 Å². The summed E-state index contributed by atoms with van der Waals surface area (Å²) < 4.78 is 16.6. The van der Waals surface area contributed by atoms with Gasteiger partial charge in [-0.05, 0) is 18.2 Å². The number of hydrogen-bond donors (Lipinski definition) is 1. The number of para-hydroxylation sites is 1. The number of rotatable bonds is 5. The van der Waals surface area contributed by atoms with Gasteiger partial charge >= 0.3 is 0 Å². The molecule has 1 atom stereocenters. The number of furan rings is 1. The monoisotopic (exact) mass is 338 g/mol. The molecule has 2 aromatic heterocycles. The first-order valence-electron chi connectivity index (χ1n) is 8.24. The van der Waals surface area contributed by atoms with Crippen LogP contribution in [0.5, 0.6) is 5.88 Å². The molecule has 0 saturated carbocycles. The Morgan fingerprint density at radius 3 is 2.96 bits per heavy atom. The Hall–Kier alpha value is -2.86. The highest BCUT2D eigenvalue weighted by molar-refractivity contribution is 5.93. The first-order chi connectivity index (χ1) is 12.3. The molecule has 4 rings (SSSR count). The van der Waals surface area contributed by atoms with Gasteiger partial charge < -0.3 is 19.2 Å². The minimum atomic E-state index is -0.205. The van der Waals surface area contributed by atoms with Crippen LogP contribution in [0.15, 0.2) is 53.1 Å². The van der Waals surface area contributed by atoms with Crippen molar-refractivity contribution in [3.05, 3.63) is 60.0 Å². The SMILES string of the molecule is O=C(NCc1cc2ccccc2o1)c1ccc(OC2CCOC2)nc1. The van der Waals surface area contributed by atoms with Crippen molar-refractivity contribution >= 4 is 16.9 Å². The fraction of sp³-hybridized carbons (Fsp3) is 0.263. The average Bonchev–Trinajstić information content (AvgIpc) is 3.29. The van der Waals surface area contributed by atoms with E-state index in [0.29, 0.717) is 37.0 Å². The van der Waals surface area contributed by atoms with Crippen LogP contribution in [0, 0.1) is 0 Å². The number of hydrogen-bond acceptors (Lipinski definition) is 5. The molecular formula is C19H18N2O4. The Balaban J connectivity index is 1.35. The number of carbonyl (C=O) groups excluding carboxylic acids is 1. The van der Waals surface area contributed by atoms with Crippen molar-refractivity contribution in [2.45, 2.75) is 19.1 Å². The van der Waals surface area contributed by atoms with Gasteiger partial charge in [-0.2, -0.15) is 0 Å². The van der Waals surface area contributed by atoms with E-state index in [0.717, 1.165) is 17.4 Å². The van der Waals surface area contributed by atoms with Gasteiger partial charge in [0.15, 0.2) is 0 Å². The molecule has 0 bridgehead atoms. The maximum absolute atomic E-state index is 12.2. The predicted molar refractivity (Wildman–Crippen MR) is 91.5 cm³/mol. The summed E-state index contributed by atoms with van der Waals surface area (Å²) in [7, 11) is 0.